The van der Waals surface area contributed by atoms with Crippen LogP contribution in [0.3, 0.4) is 0 Å². The Hall–Kier alpha value is -2.69. The Balaban J connectivity index is 1.42. The Morgan fingerprint density at radius 1 is 1.33 bits per heavy atom. The van der Waals surface area contributed by atoms with Crippen molar-refractivity contribution in [2.75, 3.05) is 39.9 Å². The van der Waals surface area contributed by atoms with E-state index in [0.717, 1.165) is 48.9 Å². The second-order valence-electron chi connectivity index (χ2n) is 10.4. The SMILES string of the molecule is CN1CCCC1COc1nc2c(F)c(Cl)ncc2c2c1cc(CN1CCOC1=O)n2C1C2CNC1C2. The van der Waals surface area contributed by atoms with Gasteiger partial charge in [-0.05, 0) is 44.8 Å². The number of fused-ring (bicyclic) bond motifs is 4. The molecule has 0 spiro atoms. The van der Waals surface area contributed by atoms with Crippen molar-refractivity contribution < 1.29 is 18.7 Å². The molecule has 0 radical (unpaired) electrons. The molecule has 3 aromatic rings. The van der Waals surface area contributed by atoms with Crippen LogP contribution in [0.4, 0.5) is 9.18 Å². The summed E-state index contributed by atoms with van der Waals surface area (Å²) in [6, 6.07) is 2.87. The molecule has 190 valence electrons. The molecule has 7 heterocycles. The van der Waals surface area contributed by atoms with Crippen LogP contribution in [0.5, 0.6) is 5.88 Å². The number of aromatic nitrogens is 3. The summed E-state index contributed by atoms with van der Waals surface area (Å²) in [5, 5.41) is 4.78. The molecule has 4 aliphatic heterocycles. The molecule has 11 heteroatoms. The Morgan fingerprint density at radius 2 is 2.22 bits per heavy atom. The molecule has 1 saturated carbocycles. The number of carbonyl (C=O) groups is 1. The van der Waals surface area contributed by atoms with E-state index in [2.05, 4.69) is 31.8 Å². The molecular formula is C25H28ClFN6O3. The van der Waals surface area contributed by atoms with Crippen LogP contribution in [-0.4, -0.2) is 82.4 Å². The van der Waals surface area contributed by atoms with E-state index in [9.17, 15) is 4.79 Å². The predicted octanol–water partition coefficient (Wildman–Crippen LogP) is 3.34. The summed E-state index contributed by atoms with van der Waals surface area (Å²) in [5.41, 5.74) is 1.95. The number of nitrogens with one attached hydrogen (secondary N) is 1. The number of amides is 1. The van der Waals surface area contributed by atoms with Crippen LogP contribution >= 0.6 is 11.6 Å². The summed E-state index contributed by atoms with van der Waals surface area (Å²) < 4.78 is 29.1. The predicted molar refractivity (Wildman–Crippen MR) is 132 cm³/mol. The van der Waals surface area contributed by atoms with Crippen molar-refractivity contribution in [1.29, 1.82) is 0 Å². The van der Waals surface area contributed by atoms with Crippen LogP contribution in [0.15, 0.2) is 12.3 Å². The van der Waals surface area contributed by atoms with Gasteiger partial charge in [0.2, 0.25) is 5.88 Å². The zero-order chi connectivity index (χ0) is 24.6. The van der Waals surface area contributed by atoms with Gasteiger partial charge in [-0.15, -0.1) is 0 Å². The third-order valence-corrected chi connectivity index (χ3v) is 8.70. The number of ether oxygens (including phenoxy) is 2. The van der Waals surface area contributed by atoms with Crippen LogP contribution in [0.2, 0.25) is 5.15 Å². The Kier molecular flexibility index (Phi) is 5.27. The second kappa shape index (κ2) is 8.43. The maximum absolute atomic E-state index is 15.3. The van der Waals surface area contributed by atoms with Crippen molar-refractivity contribution in [1.82, 2.24) is 29.7 Å². The highest BCUT2D eigenvalue weighted by Crippen LogP contribution is 2.48. The summed E-state index contributed by atoms with van der Waals surface area (Å²) >= 11 is 6.07. The van der Waals surface area contributed by atoms with Crippen LogP contribution in [-0.2, 0) is 11.3 Å². The van der Waals surface area contributed by atoms with Crippen molar-refractivity contribution in [2.45, 2.75) is 43.9 Å². The van der Waals surface area contributed by atoms with Crippen LogP contribution in [0.25, 0.3) is 21.8 Å². The van der Waals surface area contributed by atoms with Crippen molar-refractivity contribution in [3.8, 4) is 5.88 Å². The van der Waals surface area contributed by atoms with Crippen LogP contribution in [0.1, 0.15) is 31.0 Å². The van der Waals surface area contributed by atoms with E-state index < -0.39 is 5.82 Å². The number of hydrogen-bond acceptors (Lipinski definition) is 7. The van der Waals surface area contributed by atoms with Gasteiger partial charge >= 0.3 is 6.09 Å². The van der Waals surface area contributed by atoms with Crippen LogP contribution in [0, 0.1) is 11.7 Å². The normalized spacial score (nSPS) is 27.9. The number of rotatable bonds is 6. The number of nitrogens with zero attached hydrogens (tertiary/aromatic N) is 5. The number of halogens is 2. The summed E-state index contributed by atoms with van der Waals surface area (Å²) in [5.74, 6) is 0.216. The van der Waals surface area contributed by atoms with Gasteiger partial charge in [0.05, 0.1) is 30.0 Å². The highest BCUT2D eigenvalue weighted by atomic mass is 35.5. The van der Waals surface area contributed by atoms with Gasteiger partial charge in [0.15, 0.2) is 11.0 Å². The lowest BCUT2D eigenvalue weighted by Crippen LogP contribution is -2.40. The molecule has 0 aromatic carbocycles. The third kappa shape index (κ3) is 3.38. The number of likely N-dealkylation sites (N-methyl/N-ethyl adjacent to an activating group) is 1. The number of likely N-dealkylation sites (tertiary alicyclic amines) is 1. The lowest BCUT2D eigenvalue weighted by molar-refractivity contribution is 0.155. The molecule has 8 rings (SSSR count). The average molecular weight is 515 g/mol. The van der Waals surface area contributed by atoms with E-state index in [-0.39, 0.29) is 28.8 Å². The Labute approximate surface area is 212 Å². The maximum atomic E-state index is 15.3. The third-order valence-electron chi connectivity index (χ3n) is 8.44. The van der Waals surface area contributed by atoms with Gasteiger partial charge in [-0.3, -0.25) is 4.90 Å². The molecule has 1 N–H and O–H groups in total. The molecule has 9 nitrogen and oxygen atoms in total. The molecule has 4 atom stereocenters. The van der Waals surface area contributed by atoms with Crippen molar-refractivity contribution in [2.24, 2.45) is 5.92 Å². The minimum Gasteiger partial charge on any atom is -0.476 e. The van der Waals surface area contributed by atoms with E-state index in [1.807, 2.05) is 6.07 Å². The zero-order valence-corrected chi connectivity index (χ0v) is 20.8. The minimum atomic E-state index is -0.647. The maximum Gasteiger partial charge on any atom is 0.410 e. The molecule has 4 unspecified atom stereocenters. The molecule has 5 aliphatic rings. The number of hydrogen-bond donors (Lipinski definition) is 1. The minimum absolute atomic E-state index is 0.156. The second-order valence-corrected chi connectivity index (χ2v) is 10.8. The highest BCUT2D eigenvalue weighted by Gasteiger charge is 2.49. The molecule has 3 aromatic heterocycles. The first-order chi connectivity index (χ1) is 17.5. The summed E-state index contributed by atoms with van der Waals surface area (Å²) in [6.07, 6.45) is 4.57. The average Bonchev–Trinajstić information content (AvgIpc) is 3.67. The highest BCUT2D eigenvalue weighted by molar-refractivity contribution is 6.30. The number of cyclic esters (lactones) is 1. The van der Waals surface area contributed by atoms with E-state index in [1.165, 1.54) is 0 Å². The molecule has 1 aliphatic carbocycles. The van der Waals surface area contributed by atoms with Gasteiger partial charge in [0.25, 0.3) is 0 Å². The first kappa shape index (κ1) is 22.5. The number of carbonyl (C=O) groups excluding carboxylic acids is 1. The van der Waals surface area contributed by atoms with E-state index in [4.69, 9.17) is 21.1 Å². The zero-order valence-electron chi connectivity index (χ0n) is 20.0. The van der Waals surface area contributed by atoms with Crippen molar-refractivity contribution in [3.05, 3.63) is 28.9 Å². The Morgan fingerprint density at radius 3 is 2.92 bits per heavy atom. The fourth-order valence-corrected chi connectivity index (χ4v) is 6.60. The molecule has 2 bridgehead atoms. The van der Waals surface area contributed by atoms with Gasteiger partial charge in [0.1, 0.15) is 18.7 Å². The van der Waals surface area contributed by atoms with Crippen molar-refractivity contribution >= 4 is 39.5 Å². The topological polar surface area (TPSA) is 84.8 Å². The van der Waals surface area contributed by atoms with Gasteiger partial charge in [-0.2, -0.15) is 0 Å². The van der Waals surface area contributed by atoms with Gasteiger partial charge in [-0.25, -0.2) is 19.2 Å². The lowest BCUT2D eigenvalue weighted by Gasteiger charge is -2.38. The summed E-state index contributed by atoms with van der Waals surface area (Å²) in [4.78, 5) is 25.0. The standard InChI is InChI=1S/C25H28ClFN6O3/c1-31-4-2-3-14(31)12-36-24-16-8-15(11-32-5-6-35-25(32)34)33(21-13-7-18(21)28-9-13)22(16)17-10-29-23(26)19(27)20(17)30-24/h8,10,13-14,18,21,28H,2-7,9,11-12H2,1H3. The van der Waals surface area contributed by atoms with E-state index >= 15 is 4.39 Å². The van der Waals surface area contributed by atoms with Crippen molar-refractivity contribution in [3.63, 3.8) is 0 Å². The largest absolute Gasteiger partial charge is 0.476 e. The molecule has 4 saturated heterocycles. The summed E-state index contributed by atoms with van der Waals surface area (Å²) in [6.45, 7) is 3.78. The quantitative estimate of drug-likeness (QED) is 0.505. The fourth-order valence-electron chi connectivity index (χ4n) is 6.46. The Bertz CT molecular complexity index is 1370. The first-order valence-electron chi connectivity index (χ1n) is 12.6. The first-order valence-corrected chi connectivity index (χ1v) is 13.0. The van der Waals surface area contributed by atoms with E-state index in [1.54, 1.807) is 11.1 Å². The number of pyridine rings is 2. The smallest absolute Gasteiger partial charge is 0.410 e. The lowest BCUT2D eigenvalue weighted by atomic mass is 9.79. The monoisotopic (exact) mass is 514 g/mol. The fraction of sp³-hybridized carbons (Fsp3) is 0.560. The van der Waals surface area contributed by atoms with Gasteiger partial charge < -0.3 is 24.3 Å². The summed E-state index contributed by atoms with van der Waals surface area (Å²) in [7, 11) is 2.10. The van der Waals surface area contributed by atoms with Crippen LogP contribution < -0.4 is 10.1 Å². The molecule has 5 fully saturated rings. The molecule has 1 amide bonds. The van der Waals surface area contributed by atoms with Gasteiger partial charge in [-0.1, -0.05) is 11.6 Å². The molecule has 36 heavy (non-hydrogen) atoms. The molecular weight excluding hydrogens is 487 g/mol. The van der Waals surface area contributed by atoms with E-state index in [0.29, 0.717) is 49.5 Å². The van der Waals surface area contributed by atoms with Gasteiger partial charge in [0, 0.05) is 35.9 Å².